The van der Waals surface area contributed by atoms with Gasteiger partial charge >= 0.3 is 0 Å². The molecule has 0 bridgehead atoms. The van der Waals surface area contributed by atoms with Gasteiger partial charge in [0.05, 0.1) is 45.4 Å². The standard InChI is InChI=1S/C31H32N6O5S/c1-36-28(18-32-30(39)22-9-15-25(42-4)16-10-22)33-34-31(36)43-19-29(38)37-27(21-7-13-24(41-3)14-8-21)17-26(35-37)20-5-11-23(40-2)12-6-20/h5-16,27H,17-19H2,1-4H3,(H,32,39)/t27-/m0/s1. The van der Waals surface area contributed by atoms with Crippen LogP contribution in [0.2, 0.25) is 0 Å². The molecule has 5 rings (SSSR count). The zero-order valence-electron chi connectivity index (χ0n) is 24.3. The molecule has 2 amide bonds. The predicted molar refractivity (Wildman–Crippen MR) is 163 cm³/mol. The van der Waals surface area contributed by atoms with Crippen molar-refractivity contribution in [1.29, 1.82) is 0 Å². The number of carbonyl (C=O) groups is 2. The Balaban J connectivity index is 1.26. The highest BCUT2D eigenvalue weighted by atomic mass is 32.2. The first-order valence-electron chi connectivity index (χ1n) is 13.5. The number of carbonyl (C=O) groups excluding carboxylic acids is 2. The number of thioether (sulfide) groups is 1. The summed E-state index contributed by atoms with van der Waals surface area (Å²) in [6, 6.07) is 21.9. The molecule has 4 aromatic rings. The Morgan fingerprint density at radius 2 is 1.44 bits per heavy atom. The largest absolute Gasteiger partial charge is 0.497 e. The number of nitrogens with zero attached hydrogens (tertiary/aromatic N) is 5. The van der Waals surface area contributed by atoms with Crippen molar-refractivity contribution >= 4 is 29.3 Å². The number of benzene rings is 3. The molecule has 43 heavy (non-hydrogen) atoms. The summed E-state index contributed by atoms with van der Waals surface area (Å²) >= 11 is 1.27. The van der Waals surface area contributed by atoms with Crippen molar-refractivity contribution in [3.05, 3.63) is 95.3 Å². The molecular weight excluding hydrogens is 568 g/mol. The van der Waals surface area contributed by atoms with Crippen LogP contribution in [0.4, 0.5) is 0 Å². The van der Waals surface area contributed by atoms with Gasteiger partial charge in [-0.15, -0.1) is 10.2 Å². The van der Waals surface area contributed by atoms with Gasteiger partial charge in [0.25, 0.3) is 11.8 Å². The van der Waals surface area contributed by atoms with Crippen LogP contribution in [0.5, 0.6) is 17.2 Å². The topological polar surface area (TPSA) is 120 Å². The third kappa shape index (κ3) is 6.81. The van der Waals surface area contributed by atoms with Crippen LogP contribution in [-0.2, 0) is 18.4 Å². The molecule has 0 saturated carbocycles. The van der Waals surface area contributed by atoms with E-state index in [-0.39, 0.29) is 30.2 Å². The molecule has 11 nitrogen and oxygen atoms in total. The highest BCUT2D eigenvalue weighted by Crippen LogP contribution is 2.34. The van der Waals surface area contributed by atoms with E-state index in [9.17, 15) is 9.59 Å². The Kier molecular flexibility index (Phi) is 9.26. The Hall–Kier alpha value is -4.84. The van der Waals surface area contributed by atoms with E-state index >= 15 is 0 Å². The predicted octanol–water partition coefficient (Wildman–Crippen LogP) is 4.24. The zero-order chi connectivity index (χ0) is 30.3. The quantitative estimate of drug-likeness (QED) is 0.254. The van der Waals surface area contributed by atoms with E-state index in [1.807, 2.05) is 48.5 Å². The fourth-order valence-corrected chi connectivity index (χ4v) is 5.39. The highest BCUT2D eigenvalue weighted by Gasteiger charge is 2.33. The van der Waals surface area contributed by atoms with Crippen LogP contribution in [0.15, 0.2) is 83.1 Å². The van der Waals surface area contributed by atoms with Crippen molar-refractivity contribution in [1.82, 2.24) is 25.1 Å². The molecule has 1 atom stereocenters. The van der Waals surface area contributed by atoms with Gasteiger partial charge < -0.3 is 24.1 Å². The van der Waals surface area contributed by atoms with Crippen molar-refractivity contribution in [2.45, 2.75) is 24.2 Å². The van der Waals surface area contributed by atoms with Crippen LogP contribution in [0.25, 0.3) is 0 Å². The average Bonchev–Trinajstić information content (AvgIpc) is 3.66. The Bertz CT molecular complexity index is 1600. The van der Waals surface area contributed by atoms with Crippen LogP contribution in [-0.4, -0.2) is 64.4 Å². The normalized spacial score (nSPS) is 14.3. The third-order valence-corrected chi connectivity index (χ3v) is 8.10. The maximum Gasteiger partial charge on any atom is 0.253 e. The molecule has 0 fully saturated rings. The van der Waals surface area contributed by atoms with E-state index in [4.69, 9.17) is 19.3 Å². The first-order chi connectivity index (χ1) is 20.9. The fourth-order valence-electron chi connectivity index (χ4n) is 4.60. The minimum absolute atomic E-state index is 0.107. The number of rotatable bonds is 11. The Morgan fingerprint density at radius 3 is 2.05 bits per heavy atom. The van der Waals surface area contributed by atoms with Gasteiger partial charge in [-0.3, -0.25) is 9.59 Å². The van der Waals surface area contributed by atoms with Gasteiger partial charge in [0.15, 0.2) is 11.0 Å². The number of hydrogen-bond donors (Lipinski definition) is 1. The van der Waals surface area contributed by atoms with E-state index in [2.05, 4.69) is 15.5 Å². The summed E-state index contributed by atoms with van der Waals surface area (Å²) in [5, 5.41) is 18.2. The monoisotopic (exact) mass is 600 g/mol. The number of amides is 2. The second kappa shape index (κ2) is 13.4. The fraction of sp³-hybridized carbons (Fsp3) is 0.258. The van der Waals surface area contributed by atoms with E-state index in [1.165, 1.54) is 11.8 Å². The number of nitrogens with one attached hydrogen (secondary N) is 1. The van der Waals surface area contributed by atoms with E-state index < -0.39 is 0 Å². The molecule has 222 valence electrons. The summed E-state index contributed by atoms with van der Waals surface area (Å²) in [5.41, 5.74) is 3.21. The van der Waals surface area contributed by atoms with E-state index in [0.717, 1.165) is 28.3 Å². The van der Waals surface area contributed by atoms with Crippen molar-refractivity contribution in [3.8, 4) is 17.2 Å². The number of methoxy groups -OCH3 is 3. The van der Waals surface area contributed by atoms with Crippen LogP contribution >= 0.6 is 11.8 Å². The lowest BCUT2D eigenvalue weighted by atomic mass is 9.98. The molecule has 12 heteroatoms. The van der Waals surface area contributed by atoms with Gasteiger partial charge in [0, 0.05) is 19.0 Å². The maximum absolute atomic E-state index is 13.6. The van der Waals surface area contributed by atoms with Crippen LogP contribution in [0, 0.1) is 0 Å². The lowest BCUT2D eigenvalue weighted by Crippen LogP contribution is -2.28. The van der Waals surface area contributed by atoms with Crippen LogP contribution in [0.1, 0.15) is 39.8 Å². The molecule has 0 radical (unpaired) electrons. The zero-order valence-corrected chi connectivity index (χ0v) is 25.1. The molecule has 0 aliphatic carbocycles. The second-order valence-corrected chi connectivity index (χ2v) is 10.6. The summed E-state index contributed by atoms with van der Waals surface area (Å²) in [7, 11) is 6.62. The molecule has 1 N–H and O–H groups in total. The van der Waals surface area contributed by atoms with Gasteiger partial charge in [-0.05, 0) is 71.8 Å². The molecule has 1 aromatic heterocycles. The summed E-state index contributed by atoms with van der Waals surface area (Å²) in [5.74, 6) is 2.44. The van der Waals surface area contributed by atoms with Crippen LogP contribution < -0.4 is 19.5 Å². The molecule has 0 unspecified atom stereocenters. The van der Waals surface area contributed by atoms with E-state index in [0.29, 0.717) is 28.7 Å². The maximum atomic E-state index is 13.6. The number of aromatic nitrogens is 3. The van der Waals surface area contributed by atoms with Crippen molar-refractivity contribution in [2.75, 3.05) is 27.1 Å². The molecule has 1 aliphatic heterocycles. The first kappa shape index (κ1) is 29.6. The molecule has 0 spiro atoms. The number of hydrazone groups is 1. The second-order valence-electron chi connectivity index (χ2n) is 9.66. The third-order valence-electron chi connectivity index (χ3n) is 7.10. The minimum Gasteiger partial charge on any atom is -0.497 e. The van der Waals surface area contributed by atoms with Crippen LogP contribution in [0.3, 0.4) is 0 Å². The number of hydrogen-bond acceptors (Lipinski definition) is 9. The Morgan fingerprint density at radius 1 is 0.860 bits per heavy atom. The van der Waals surface area contributed by atoms with Gasteiger partial charge in [0.2, 0.25) is 0 Å². The Labute approximate surface area is 253 Å². The SMILES string of the molecule is COc1ccc(C(=O)NCc2nnc(SCC(=O)N3N=C(c4ccc(OC)cc4)C[C@H]3c3ccc(OC)cc3)n2C)cc1. The summed E-state index contributed by atoms with van der Waals surface area (Å²) in [6.07, 6.45) is 0.567. The smallest absolute Gasteiger partial charge is 0.253 e. The summed E-state index contributed by atoms with van der Waals surface area (Å²) in [4.78, 5) is 26.1. The van der Waals surface area contributed by atoms with Crippen molar-refractivity contribution < 1.29 is 23.8 Å². The van der Waals surface area contributed by atoms with Gasteiger partial charge in [-0.25, -0.2) is 5.01 Å². The lowest BCUT2D eigenvalue weighted by Gasteiger charge is -2.22. The minimum atomic E-state index is -0.265. The van der Waals surface area contributed by atoms with Gasteiger partial charge in [-0.1, -0.05) is 23.9 Å². The molecule has 2 heterocycles. The van der Waals surface area contributed by atoms with Crippen molar-refractivity contribution in [2.24, 2.45) is 12.1 Å². The molecule has 1 aliphatic rings. The first-order valence-corrected chi connectivity index (χ1v) is 14.5. The number of ether oxygens (including phenoxy) is 3. The van der Waals surface area contributed by atoms with Crippen molar-refractivity contribution in [3.63, 3.8) is 0 Å². The molecular formula is C31H32N6O5S. The van der Waals surface area contributed by atoms with Gasteiger partial charge in [-0.2, -0.15) is 5.10 Å². The lowest BCUT2D eigenvalue weighted by molar-refractivity contribution is -0.130. The van der Waals surface area contributed by atoms with Gasteiger partial charge in [0.1, 0.15) is 17.2 Å². The molecule has 0 saturated heterocycles. The summed E-state index contributed by atoms with van der Waals surface area (Å²) in [6.45, 7) is 0.185. The van der Waals surface area contributed by atoms with E-state index in [1.54, 1.807) is 62.2 Å². The molecule has 3 aromatic carbocycles. The highest BCUT2D eigenvalue weighted by molar-refractivity contribution is 7.99. The average molecular weight is 601 g/mol. The summed E-state index contributed by atoms with van der Waals surface area (Å²) < 4.78 is 17.5.